The predicted molar refractivity (Wildman–Crippen MR) is 55.1 cm³/mol. The van der Waals surface area contributed by atoms with Gasteiger partial charge in [-0.3, -0.25) is 0 Å². The molecule has 0 fully saturated rings. The molecule has 0 radical (unpaired) electrons. The maximum atomic E-state index is 5.81. The van der Waals surface area contributed by atoms with Crippen LogP contribution in [0.1, 0.15) is 0 Å². The number of hydrogen-bond acceptors (Lipinski definition) is 6. The molecule has 4 nitrogen and oxygen atoms in total. The van der Waals surface area contributed by atoms with Crippen molar-refractivity contribution in [1.82, 2.24) is 14.8 Å². The third kappa shape index (κ3) is 1.79. The molecule has 0 saturated heterocycles. The molecular formula is C6H5ClN4S2. The van der Waals surface area contributed by atoms with Crippen molar-refractivity contribution in [3.8, 4) is 0 Å². The Morgan fingerprint density at radius 2 is 2.31 bits per heavy atom. The topological polar surface area (TPSA) is 41.9 Å². The van der Waals surface area contributed by atoms with Crippen LogP contribution < -0.4 is 4.90 Å². The summed E-state index contributed by atoms with van der Waals surface area (Å²) in [6.07, 6.45) is 0. The van der Waals surface area contributed by atoms with Crippen LogP contribution in [0.4, 0.5) is 10.1 Å². The van der Waals surface area contributed by atoms with Crippen LogP contribution >= 0.6 is 34.5 Å². The van der Waals surface area contributed by atoms with Crippen LogP contribution in [-0.2, 0) is 0 Å². The second kappa shape index (κ2) is 3.57. The largest absolute Gasteiger partial charge is 0.310 e. The number of thiophene rings is 1. The van der Waals surface area contributed by atoms with Gasteiger partial charge in [0.1, 0.15) is 0 Å². The van der Waals surface area contributed by atoms with Crippen molar-refractivity contribution in [2.75, 3.05) is 11.9 Å². The minimum Gasteiger partial charge on any atom is -0.310 e. The van der Waals surface area contributed by atoms with Crippen LogP contribution in [0.15, 0.2) is 12.1 Å². The predicted octanol–water partition coefficient (Wildman–Crippen LogP) is 2.42. The average molecular weight is 233 g/mol. The van der Waals surface area contributed by atoms with Gasteiger partial charge in [-0.15, -0.1) is 11.3 Å². The Balaban J connectivity index is 2.28. The van der Waals surface area contributed by atoms with Crippen LogP contribution in [-0.4, -0.2) is 21.8 Å². The standard InChI is InChI=1S/C6H5ClN4S2/c1-11(6-8-9-10-13-6)5-3-2-4(7)12-5/h2-3H,1H3. The van der Waals surface area contributed by atoms with Crippen LogP contribution in [0.25, 0.3) is 0 Å². The highest BCUT2D eigenvalue weighted by Gasteiger charge is 2.09. The molecule has 2 rings (SSSR count). The van der Waals surface area contributed by atoms with Crippen molar-refractivity contribution >= 4 is 44.6 Å². The molecule has 7 heteroatoms. The van der Waals surface area contributed by atoms with Gasteiger partial charge in [-0.25, -0.2) is 0 Å². The second-order valence-electron chi connectivity index (χ2n) is 2.28. The Kier molecular flexibility index (Phi) is 2.43. The Bertz CT molecular complexity index is 385. The molecule has 0 aromatic carbocycles. The van der Waals surface area contributed by atoms with Crippen LogP contribution in [0.5, 0.6) is 0 Å². The molecule has 2 heterocycles. The van der Waals surface area contributed by atoms with E-state index in [9.17, 15) is 0 Å². The van der Waals surface area contributed by atoms with Crippen molar-refractivity contribution in [2.45, 2.75) is 0 Å². The number of aromatic nitrogens is 3. The maximum absolute atomic E-state index is 5.81. The van der Waals surface area contributed by atoms with Gasteiger partial charge in [-0.05, 0) is 17.3 Å². The maximum Gasteiger partial charge on any atom is 0.232 e. The van der Waals surface area contributed by atoms with Crippen LogP contribution in [0, 0.1) is 0 Å². The molecule has 68 valence electrons. The fourth-order valence-electron chi connectivity index (χ4n) is 0.837. The van der Waals surface area contributed by atoms with E-state index in [-0.39, 0.29) is 0 Å². The minimum absolute atomic E-state index is 0.763. The molecule has 0 amide bonds. The van der Waals surface area contributed by atoms with E-state index in [1.807, 2.05) is 24.1 Å². The van der Waals surface area contributed by atoms with E-state index >= 15 is 0 Å². The first-order valence-electron chi connectivity index (χ1n) is 3.41. The number of anilines is 2. The van der Waals surface area contributed by atoms with Gasteiger partial charge in [0, 0.05) is 18.6 Å². The normalized spacial score (nSPS) is 10.3. The van der Waals surface area contributed by atoms with Crippen molar-refractivity contribution in [2.24, 2.45) is 0 Å². The van der Waals surface area contributed by atoms with Gasteiger partial charge in [0.2, 0.25) is 5.13 Å². The third-order valence-corrected chi connectivity index (χ3v) is 3.45. The first kappa shape index (κ1) is 8.86. The Morgan fingerprint density at radius 3 is 2.85 bits per heavy atom. The average Bonchev–Trinajstić information content (AvgIpc) is 2.72. The molecule has 0 unspecified atom stereocenters. The van der Waals surface area contributed by atoms with E-state index in [2.05, 4.69) is 14.8 Å². The molecule has 0 spiro atoms. The minimum atomic E-state index is 0.763. The smallest absolute Gasteiger partial charge is 0.232 e. The quantitative estimate of drug-likeness (QED) is 0.798. The van der Waals surface area contributed by atoms with Crippen LogP contribution in [0.3, 0.4) is 0 Å². The Hall–Kier alpha value is -0.720. The third-order valence-electron chi connectivity index (χ3n) is 1.47. The number of hydrogen-bond donors (Lipinski definition) is 0. The summed E-state index contributed by atoms with van der Waals surface area (Å²) in [4.78, 5) is 1.90. The molecule has 0 aliphatic rings. The number of nitrogens with zero attached hydrogens (tertiary/aromatic N) is 4. The fraction of sp³-hybridized carbons (Fsp3) is 0.167. The van der Waals surface area contributed by atoms with Gasteiger partial charge in [-0.1, -0.05) is 21.2 Å². The molecule has 0 atom stereocenters. The zero-order chi connectivity index (χ0) is 9.26. The van der Waals surface area contributed by atoms with Gasteiger partial charge in [0.25, 0.3) is 0 Å². The summed E-state index contributed by atoms with van der Waals surface area (Å²) in [5, 5.41) is 9.17. The molecule has 2 aromatic heterocycles. The highest BCUT2D eigenvalue weighted by Crippen LogP contribution is 2.32. The lowest BCUT2D eigenvalue weighted by atomic mass is 10.6. The second-order valence-corrected chi connectivity index (χ2v) is 4.69. The number of rotatable bonds is 2. The molecule has 0 N–H and O–H groups in total. The summed E-state index contributed by atoms with van der Waals surface area (Å²) < 4.78 is 4.45. The lowest BCUT2D eigenvalue weighted by Gasteiger charge is -2.10. The van der Waals surface area contributed by atoms with Crippen molar-refractivity contribution in [1.29, 1.82) is 0 Å². The van der Waals surface area contributed by atoms with Gasteiger partial charge in [-0.2, -0.15) is 0 Å². The molecule has 0 aliphatic heterocycles. The highest BCUT2D eigenvalue weighted by molar-refractivity contribution is 7.20. The Labute approximate surface area is 87.9 Å². The summed E-state index contributed by atoms with van der Waals surface area (Å²) in [6, 6.07) is 3.79. The monoisotopic (exact) mass is 232 g/mol. The summed E-state index contributed by atoms with van der Waals surface area (Å²) in [7, 11) is 1.91. The summed E-state index contributed by atoms with van der Waals surface area (Å²) >= 11 is 8.56. The van der Waals surface area contributed by atoms with Crippen LogP contribution in [0.2, 0.25) is 4.34 Å². The van der Waals surface area contributed by atoms with E-state index in [0.717, 1.165) is 14.5 Å². The molecule has 13 heavy (non-hydrogen) atoms. The highest BCUT2D eigenvalue weighted by atomic mass is 35.5. The first-order chi connectivity index (χ1) is 6.27. The van der Waals surface area contributed by atoms with E-state index in [4.69, 9.17) is 11.6 Å². The summed E-state index contributed by atoms with van der Waals surface area (Å²) in [5.74, 6) is 0. The molecule has 0 aliphatic carbocycles. The Morgan fingerprint density at radius 1 is 1.46 bits per heavy atom. The zero-order valence-corrected chi connectivity index (χ0v) is 9.03. The lowest BCUT2D eigenvalue weighted by molar-refractivity contribution is 0.946. The van der Waals surface area contributed by atoms with E-state index < -0.39 is 0 Å². The van der Waals surface area contributed by atoms with Crippen molar-refractivity contribution in [3.05, 3.63) is 16.5 Å². The SMILES string of the molecule is CN(c1ccc(Cl)s1)c1nnns1. The van der Waals surface area contributed by atoms with Crippen molar-refractivity contribution in [3.63, 3.8) is 0 Å². The summed E-state index contributed by atoms with van der Waals surface area (Å²) in [5.41, 5.74) is 0. The number of halogens is 1. The van der Waals surface area contributed by atoms with Crippen molar-refractivity contribution < 1.29 is 0 Å². The van der Waals surface area contributed by atoms with E-state index in [0.29, 0.717) is 0 Å². The first-order valence-corrected chi connectivity index (χ1v) is 5.38. The summed E-state index contributed by atoms with van der Waals surface area (Å²) in [6.45, 7) is 0. The fourth-order valence-corrected chi connectivity index (χ4v) is 2.33. The molecular weight excluding hydrogens is 228 g/mol. The van der Waals surface area contributed by atoms with Gasteiger partial charge in [0.15, 0.2) is 0 Å². The van der Waals surface area contributed by atoms with E-state index in [1.165, 1.54) is 22.9 Å². The van der Waals surface area contributed by atoms with Gasteiger partial charge in [0.05, 0.1) is 9.34 Å². The van der Waals surface area contributed by atoms with Gasteiger partial charge >= 0.3 is 0 Å². The molecule has 2 aromatic rings. The van der Waals surface area contributed by atoms with Gasteiger partial charge < -0.3 is 4.90 Å². The molecule has 0 bridgehead atoms. The molecule has 0 saturated carbocycles. The zero-order valence-electron chi connectivity index (χ0n) is 6.64. The lowest BCUT2D eigenvalue weighted by Crippen LogP contribution is -2.06. The van der Waals surface area contributed by atoms with E-state index in [1.54, 1.807) is 0 Å².